The van der Waals surface area contributed by atoms with Gasteiger partial charge < -0.3 is 14.8 Å². The lowest BCUT2D eigenvalue weighted by molar-refractivity contribution is 0.354. The molecule has 0 radical (unpaired) electrons. The minimum Gasteiger partial charge on any atom is -0.493 e. The molecule has 112 valence electrons. The van der Waals surface area contributed by atoms with Crippen LogP contribution >= 0.6 is 15.9 Å². The van der Waals surface area contributed by atoms with Crippen LogP contribution < -0.4 is 14.8 Å². The van der Waals surface area contributed by atoms with Gasteiger partial charge in [-0.2, -0.15) is 0 Å². The van der Waals surface area contributed by atoms with Gasteiger partial charge in [-0.15, -0.1) is 0 Å². The molecular formula is C16H24BrNO2. The van der Waals surface area contributed by atoms with Crippen molar-refractivity contribution in [1.82, 2.24) is 5.32 Å². The molecule has 0 saturated heterocycles. The summed E-state index contributed by atoms with van der Waals surface area (Å²) >= 11 is 3.60. The summed E-state index contributed by atoms with van der Waals surface area (Å²) in [5, 5.41) is 3.59. The number of methoxy groups -OCH3 is 2. The highest BCUT2D eigenvalue weighted by molar-refractivity contribution is 9.10. The fourth-order valence-corrected chi connectivity index (χ4v) is 3.18. The zero-order chi connectivity index (χ0) is 14.6. The number of halogens is 1. The van der Waals surface area contributed by atoms with Crippen LogP contribution in [0.15, 0.2) is 16.6 Å². The first kappa shape index (κ1) is 15.6. The lowest BCUT2D eigenvalue weighted by Gasteiger charge is -2.16. The van der Waals surface area contributed by atoms with Gasteiger partial charge >= 0.3 is 0 Å². The van der Waals surface area contributed by atoms with Gasteiger partial charge in [0.25, 0.3) is 0 Å². The van der Waals surface area contributed by atoms with Gasteiger partial charge in [-0.05, 0) is 42.4 Å². The minimum absolute atomic E-state index is 0.581. The van der Waals surface area contributed by atoms with Crippen LogP contribution in [0.5, 0.6) is 11.5 Å². The van der Waals surface area contributed by atoms with Crippen LogP contribution in [-0.2, 0) is 6.54 Å². The van der Waals surface area contributed by atoms with Crippen LogP contribution in [0.4, 0.5) is 0 Å². The maximum absolute atomic E-state index is 5.36. The lowest BCUT2D eigenvalue weighted by Crippen LogP contribution is -2.23. The molecule has 0 bridgehead atoms. The molecule has 0 aliphatic heterocycles. The quantitative estimate of drug-likeness (QED) is 0.770. The molecular weight excluding hydrogens is 318 g/mol. The first-order valence-corrected chi connectivity index (χ1v) is 8.04. The molecule has 1 N–H and O–H groups in total. The third-order valence-corrected chi connectivity index (χ3v) is 4.84. The lowest BCUT2D eigenvalue weighted by atomic mass is 10.0. The van der Waals surface area contributed by atoms with Crippen molar-refractivity contribution in [2.75, 3.05) is 20.8 Å². The number of nitrogens with one attached hydrogen (secondary N) is 1. The second-order valence-corrected chi connectivity index (χ2v) is 6.51. The molecule has 1 saturated carbocycles. The maximum Gasteiger partial charge on any atom is 0.161 e. The second-order valence-electron chi connectivity index (χ2n) is 5.65. The van der Waals surface area contributed by atoms with E-state index in [4.69, 9.17) is 9.47 Å². The first-order valence-electron chi connectivity index (χ1n) is 7.25. The molecule has 20 heavy (non-hydrogen) atoms. The predicted molar refractivity (Wildman–Crippen MR) is 85.5 cm³/mol. The Bertz CT molecular complexity index is 458. The molecule has 0 spiro atoms. The maximum atomic E-state index is 5.36. The molecule has 3 nitrogen and oxygen atoms in total. The van der Waals surface area contributed by atoms with Crippen molar-refractivity contribution in [1.29, 1.82) is 0 Å². The van der Waals surface area contributed by atoms with Crippen molar-refractivity contribution in [2.24, 2.45) is 5.41 Å². The van der Waals surface area contributed by atoms with Crippen LogP contribution in [0, 0.1) is 5.41 Å². The van der Waals surface area contributed by atoms with Crippen LogP contribution in [0.25, 0.3) is 0 Å². The highest BCUT2D eigenvalue weighted by Gasteiger charge is 2.40. The molecule has 1 fully saturated rings. The van der Waals surface area contributed by atoms with E-state index < -0.39 is 0 Å². The van der Waals surface area contributed by atoms with E-state index in [9.17, 15) is 0 Å². The Kier molecular flexibility index (Phi) is 5.33. The average Bonchev–Trinajstić information content (AvgIpc) is 3.20. The Balaban J connectivity index is 1.95. The zero-order valence-electron chi connectivity index (χ0n) is 12.6. The fourth-order valence-electron chi connectivity index (χ4n) is 2.72. The SMILES string of the molecule is CCCC1(CNCc2cc(OC)c(OC)cc2Br)CC1. The Hall–Kier alpha value is -0.740. The molecule has 0 unspecified atom stereocenters. The van der Waals surface area contributed by atoms with Crippen molar-refractivity contribution in [3.8, 4) is 11.5 Å². The van der Waals surface area contributed by atoms with Gasteiger partial charge in [0.05, 0.1) is 14.2 Å². The standard InChI is InChI=1S/C16H24BrNO2/c1-4-5-16(6-7-16)11-18-10-12-8-14(19-2)15(20-3)9-13(12)17/h8-9,18H,4-7,10-11H2,1-3H3. The van der Waals surface area contributed by atoms with E-state index >= 15 is 0 Å². The summed E-state index contributed by atoms with van der Waals surface area (Å²) in [4.78, 5) is 0. The number of hydrogen-bond acceptors (Lipinski definition) is 3. The van der Waals surface area contributed by atoms with Gasteiger partial charge in [0.1, 0.15) is 0 Å². The Morgan fingerprint density at radius 3 is 2.40 bits per heavy atom. The Morgan fingerprint density at radius 2 is 1.85 bits per heavy atom. The van der Waals surface area contributed by atoms with Crippen molar-refractivity contribution >= 4 is 15.9 Å². The molecule has 2 rings (SSSR count). The van der Waals surface area contributed by atoms with Gasteiger partial charge in [-0.3, -0.25) is 0 Å². The monoisotopic (exact) mass is 341 g/mol. The number of benzene rings is 1. The van der Waals surface area contributed by atoms with Gasteiger partial charge in [0.2, 0.25) is 0 Å². The van der Waals surface area contributed by atoms with Crippen molar-refractivity contribution < 1.29 is 9.47 Å². The fraction of sp³-hybridized carbons (Fsp3) is 0.625. The van der Waals surface area contributed by atoms with Crippen LogP contribution in [0.1, 0.15) is 38.2 Å². The van der Waals surface area contributed by atoms with Gasteiger partial charge in [-0.25, -0.2) is 0 Å². The van der Waals surface area contributed by atoms with E-state index in [2.05, 4.69) is 28.2 Å². The summed E-state index contributed by atoms with van der Waals surface area (Å²) in [7, 11) is 3.33. The molecule has 0 amide bonds. The molecule has 1 aromatic carbocycles. The second kappa shape index (κ2) is 6.81. The van der Waals surface area contributed by atoms with Crippen molar-refractivity contribution in [2.45, 2.75) is 39.2 Å². The zero-order valence-corrected chi connectivity index (χ0v) is 14.2. The largest absolute Gasteiger partial charge is 0.493 e. The van der Waals surface area contributed by atoms with E-state index in [1.165, 1.54) is 31.2 Å². The highest BCUT2D eigenvalue weighted by atomic mass is 79.9. The Morgan fingerprint density at radius 1 is 1.20 bits per heavy atom. The number of hydrogen-bond donors (Lipinski definition) is 1. The normalized spacial score (nSPS) is 16.0. The molecule has 0 aromatic heterocycles. The van der Waals surface area contributed by atoms with Crippen LogP contribution in [0.3, 0.4) is 0 Å². The highest BCUT2D eigenvalue weighted by Crippen LogP contribution is 2.49. The molecule has 1 aliphatic rings. The molecule has 1 aliphatic carbocycles. The van der Waals surface area contributed by atoms with E-state index in [0.717, 1.165) is 29.1 Å². The average molecular weight is 342 g/mol. The third kappa shape index (κ3) is 3.67. The summed E-state index contributed by atoms with van der Waals surface area (Å²) in [5.74, 6) is 1.54. The number of rotatable bonds is 8. The van der Waals surface area contributed by atoms with Crippen molar-refractivity contribution in [3.63, 3.8) is 0 Å². The van der Waals surface area contributed by atoms with E-state index in [0.29, 0.717) is 5.41 Å². The van der Waals surface area contributed by atoms with E-state index in [1.807, 2.05) is 12.1 Å². The predicted octanol–water partition coefficient (Wildman–Crippen LogP) is 4.14. The molecule has 0 heterocycles. The van der Waals surface area contributed by atoms with Crippen molar-refractivity contribution in [3.05, 3.63) is 22.2 Å². The summed E-state index contributed by atoms with van der Waals surface area (Å²) in [5.41, 5.74) is 1.78. The summed E-state index contributed by atoms with van der Waals surface area (Å²) in [6.07, 6.45) is 5.37. The summed E-state index contributed by atoms with van der Waals surface area (Å²) in [6, 6.07) is 4.00. The Labute approximate surface area is 130 Å². The van der Waals surface area contributed by atoms with Crippen LogP contribution in [0.2, 0.25) is 0 Å². The minimum atomic E-state index is 0.581. The van der Waals surface area contributed by atoms with Gasteiger partial charge in [0.15, 0.2) is 11.5 Å². The van der Waals surface area contributed by atoms with E-state index in [-0.39, 0.29) is 0 Å². The molecule has 0 atom stereocenters. The smallest absolute Gasteiger partial charge is 0.161 e. The topological polar surface area (TPSA) is 30.5 Å². The van der Waals surface area contributed by atoms with Crippen LogP contribution in [-0.4, -0.2) is 20.8 Å². The summed E-state index contributed by atoms with van der Waals surface area (Å²) in [6.45, 7) is 4.24. The molecule has 4 heteroatoms. The van der Waals surface area contributed by atoms with Gasteiger partial charge in [0, 0.05) is 17.6 Å². The number of ether oxygens (including phenoxy) is 2. The van der Waals surface area contributed by atoms with E-state index in [1.54, 1.807) is 14.2 Å². The first-order chi connectivity index (χ1) is 9.64. The molecule has 1 aromatic rings. The summed E-state index contributed by atoms with van der Waals surface area (Å²) < 4.78 is 11.7. The third-order valence-electron chi connectivity index (χ3n) is 4.11. The van der Waals surface area contributed by atoms with Gasteiger partial charge in [-0.1, -0.05) is 29.3 Å².